The van der Waals surface area contributed by atoms with Gasteiger partial charge in [-0.1, -0.05) is 35.6 Å². The van der Waals surface area contributed by atoms with Gasteiger partial charge in [0.25, 0.3) is 29.0 Å². The van der Waals surface area contributed by atoms with E-state index in [1.54, 1.807) is 12.1 Å². The van der Waals surface area contributed by atoms with Crippen LogP contribution in [0.15, 0.2) is 81.9 Å². The maximum Gasteiger partial charge on any atom is 0.298 e. The van der Waals surface area contributed by atoms with Gasteiger partial charge in [-0.15, -0.1) is 10.2 Å². The van der Waals surface area contributed by atoms with Crippen LogP contribution in [-0.2, 0) is 19.7 Å². The van der Waals surface area contributed by atoms with Crippen LogP contribution in [0.3, 0.4) is 0 Å². The lowest BCUT2D eigenvalue weighted by molar-refractivity contribution is -0.121. The van der Waals surface area contributed by atoms with E-state index in [2.05, 4.69) is 15.5 Å². The number of nitrogens with zero attached hydrogens (tertiary/aromatic N) is 3. The Morgan fingerprint density at radius 3 is 2.32 bits per heavy atom. The molecule has 15 heteroatoms. The monoisotopic (exact) mass is 591 g/mol. The third-order valence-corrected chi connectivity index (χ3v) is 7.15. The standard InChI is InChI=1S/C26H17N5O8S2/c27-12-21-23(26(40-24(21)28)31-30-17-9-18(38-13-32)11-19(10-17)39-14-33)15-4-3-5-16(8-15)29-25(34)20-6-1-2-7-22(20)41(35,36)37/h1-11,13-14H,28H2,(H,29,34)(H,35,36,37). The molecule has 0 bridgehead atoms. The van der Waals surface area contributed by atoms with Crippen LogP contribution in [0.1, 0.15) is 15.9 Å². The summed E-state index contributed by atoms with van der Waals surface area (Å²) in [4.78, 5) is 33.8. The number of amides is 1. The van der Waals surface area contributed by atoms with Gasteiger partial charge >= 0.3 is 0 Å². The van der Waals surface area contributed by atoms with Crippen molar-refractivity contribution in [3.63, 3.8) is 0 Å². The summed E-state index contributed by atoms with van der Waals surface area (Å²) in [7, 11) is -4.66. The summed E-state index contributed by atoms with van der Waals surface area (Å²) in [6, 6.07) is 17.5. The molecule has 0 aliphatic rings. The van der Waals surface area contributed by atoms with Gasteiger partial charge in [0.2, 0.25) is 0 Å². The molecular formula is C26H17N5O8S2. The van der Waals surface area contributed by atoms with Crippen molar-refractivity contribution in [3.8, 4) is 28.7 Å². The number of thiophene rings is 1. The molecule has 0 fully saturated rings. The minimum atomic E-state index is -4.66. The Hall–Kier alpha value is -5.43. The minimum Gasteiger partial charge on any atom is -0.429 e. The Balaban J connectivity index is 1.71. The molecule has 0 saturated carbocycles. The lowest BCUT2D eigenvalue weighted by Crippen LogP contribution is -2.16. The van der Waals surface area contributed by atoms with Crippen molar-refractivity contribution < 1.29 is 36.8 Å². The second-order valence-electron chi connectivity index (χ2n) is 7.93. The summed E-state index contributed by atoms with van der Waals surface area (Å²) in [5.74, 6) is -0.724. The van der Waals surface area contributed by atoms with Gasteiger partial charge in [0.15, 0.2) is 0 Å². The first-order valence-electron chi connectivity index (χ1n) is 11.2. The van der Waals surface area contributed by atoms with Crippen molar-refractivity contribution in [2.45, 2.75) is 4.90 Å². The van der Waals surface area contributed by atoms with E-state index >= 15 is 0 Å². The van der Waals surface area contributed by atoms with Gasteiger partial charge in [0.05, 0.1) is 16.8 Å². The normalized spacial score (nSPS) is 11.0. The quantitative estimate of drug-likeness (QED) is 0.129. The molecule has 4 aromatic rings. The number of nitriles is 1. The van der Waals surface area contributed by atoms with Crippen LogP contribution in [-0.4, -0.2) is 31.8 Å². The molecule has 1 amide bonds. The van der Waals surface area contributed by atoms with Crippen molar-refractivity contribution in [2.24, 2.45) is 10.2 Å². The van der Waals surface area contributed by atoms with E-state index in [4.69, 9.17) is 15.2 Å². The zero-order chi connectivity index (χ0) is 29.6. The second kappa shape index (κ2) is 12.2. The number of nitrogens with two attached hydrogens (primary N) is 1. The molecule has 3 aromatic carbocycles. The van der Waals surface area contributed by atoms with Crippen LogP contribution < -0.4 is 20.5 Å². The maximum absolute atomic E-state index is 12.9. The zero-order valence-corrected chi connectivity index (χ0v) is 22.2. The van der Waals surface area contributed by atoms with E-state index in [1.165, 1.54) is 48.5 Å². The molecule has 0 aliphatic carbocycles. The predicted octanol–water partition coefficient (Wildman–Crippen LogP) is 4.85. The highest BCUT2D eigenvalue weighted by molar-refractivity contribution is 7.86. The van der Waals surface area contributed by atoms with Crippen LogP contribution in [0, 0.1) is 11.3 Å². The number of nitrogen functional groups attached to an aromatic ring is 1. The minimum absolute atomic E-state index is 0.0379. The second-order valence-corrected chi connectivity index (χ2v) is 10.4. The number of azo groups is 1. The van der Waals surface area contributed by atoms with Gasteiger partial charge in [-0.25, -0.2) is 0 Å². The molecule has 0 atom stereocenters. The molecule has 1 heterocycles. The number of benzene rings is 3. The highest BCUT2D eigenvalue weighted by atomic mass is 32.2. The van der Waals surface area contributed by atoms with Crippen LogP contribution in [0.4, 0.5) is 21.4 Å². The highest BCUT2D eigenvalue weighted by Gasteiger charge is 2.22. The molecule has 4 rings (SSSR count). The van der Waals surface area contributed by atoms with Gasteiger partial charge in [0, 0.05) is 29.4 Å². The number of ether oxygens (including phenoxy) is 2. The number of anilines is 2. The number of hydrogen-bond acceptors (Lipinski definition) is 12. The third kappa shape index (κ3) is 6.59. The lowest BCUT2D eigenvalue weighted by atomic mass is 10.0. The third-order valence-electron chi connectivity index (χ3n) is 5.34. The fourth-order valence-corrected chi connectivity index (χ4v) is 5.23. The van der Waals surface area contributed by atoms with Gasteiger partial charge < -0.3 is 20.5 Å². The van der Waals surface area contributed by atoms with Crippen LogP contribution in [0.25, 0.3) is 11.1 Å². The molecule has 1 aromatic heterocycles. The zero-order valence-electron chi connectivity index (χ0n) is 20.5. The Morgan fingerprint density at radius 2 is 1.68 bits per heavy atom. The first kappa shape index (κ1) is 28.6. The van der Waals surface area contributed by atoms with E-state index in [0.29, 0.717) is 11.1 Å². The number of hydrogen-bond donors (Lipinski definition) is 3. The van der Waals surface area contributed by atoms with Crippen molar-refractivity contribution in [1.29, 1.82) is 5.26 Å². The summed E-state index contributed by atoms with van der Waals surface area (Å²) in [6.45, 7) is 0.372. The van der Waals surface area contributed by atoms with E-state index in [1.807, 2.05) is 6.07 Å². The average molecular weight is 592 g/mol. The van der Waals surface area contributed by atoms with Crippen LogP contribution in [0.2, 0.25) is 0 Å². The number of carbonyl (C=O) groups excluding carboxylic acids is 3. The number of rotatable bonds is 10. The summed E-state index contributed by atoms with van der Waals surface area (Å²) in [5, 5.41) is 21.0. The molecule has 4 N–H and O–H groups in total. The molecular weight excluding hydrogens is 574 g/mol. The fourth-order valence-electron chi connectivity index (χ4n) is 3.68. The SMILES string of the molecule is N#Cc1c(N)sc(N=Nc2cc(OC=O)cc(OC=O)c2)c1-c1cccc(NC(=O)c2ccccc2S(=O)(=O)O)c1. The predicted molar refractivity (Wildman–Crippen MR) is 147 cm³/mol. The average Bonchev–Trinajstić information content (AvgIpc) is 3.26. The Morgan fingerprint density at radius 1 is 1.00 bits per heavy atom. The van der Waals surface area contributed by atoms with E-state index in [0.717, 1.165) is 17.4 Å². The molecule has 0 aliphatic heterocycles. The van der Waals surface area contributed by atoms with E-state index in [9.17, 15) is 32.6 Å². The van der Waals surface area contributed by atoms with Gasteiger partial charge in [-0.05, 0) is 29.8 Å². The van der Waals surface area contributed by atoms with Crippen molar-refractivity contribution in [1.82, 2.24) is 0 Å². The summed E-state index contributed by atoms with van der Waals surface area (Å²) in [5.41, 5.74) is 7.01. The van der Waals surface area contributed by atoms with E-state index < -0.39 is 20.9 Å². The largest absolute Gasteiger partial charge is 0.429 e. The Kier molecular flexibility index (Phi) is 8.48. The lowest BCUT2D eigenvalue weighted by Gasteiger charge is -2.10. The van der Waals surface area contributed by atoms with Crippen molar-refractivity contribution in [3.05, 3.63) is 77.9 Å². The number of carbonyl (C=O) groups is 3. The van der Waals surface area contributed by atoms with Crippen molar-refractivity contribution >= 4 is 61.7 Å². The smallest absolute Gasteiger partial charge is 0.298 e. The van der Waals surface area contributed by atoms with Gasteiger partial charge in [0.1, 0.15) is 32.5 Å². The maximum atomic E-state index is 12.9. The summed E-state index contributed by atoms with van der Waals surface area (Å²) >= 11 is 0.968. The molecule has 0 spiro atoms. The van der Waals surface area contributed by atoms with Gasteiger partial charge in [-0.2, -0.15) is 13.7 Å². The van der Waals surface area contributed by atoms with Gasteiger partial charge in [-0.3, -0.25) is 18.9 Å². The highest BCUT2D eigenvalue weighted by Crippen LogP contribution is 2.45. The first-order chi connectivity index (χ1) is 19.6. The Bertz CT molecular complexity index is 1820. The molecule has 13 nitrogen and oxygen atoms in total. The summed E-state index contributed by atoms with van der Waals surface area (Å²) in [6.07, 6.45) is 0. The van der Waals surface area contributed by atoms with E-state index in [-0.39, 0.29) is 56.9 Å². The molecule has 206 valence electrons. The molecule has 0 unspecified atom stereocenters. The van der Waals surface area contributed by atoms with Crippen LogP contribution in [0.5, 0.6) is 11.5 Å². The molecule has 0 radical (unpaired) electrons. The fraction of sp³-hybridized carbons (Fsp3) is 0. The number of nitrogens with one attached hydrogen (secondary N) is 1. The summed E-state index contributed by atoms with van der Waals surface area (Å²) < 4.78 is 42.5. The van der Waals surface area contributed by atoms with Crippen LogP contribution >= 0.6 is 11.3 Å². The first-order valence-corrected chi connectivity index (χ1v) is 13.5. The van der Waals surface area contributed by atoms with Crippen molar-refractivity contribution in [2.75, 3.05) is 11.1 Å². The molecule has 0 saturated heterocycles. The Labute approximate surface area is 236 Å². The molecule has 41 heavy (non-hydrogen) atoms. The topological polar surface area (TPSA) is 211 Å².